The third-order valence-electron chi connectivity index (χ3n) is 4.27. The number of benzene rings is 3. The molecule has 0 aliphatic carbocycles. The lowest BCUT2D eigenvalue weighted by Crippen LogP contribution is -2.30. The van der Waals surface area contributed by atoms with Gasteiger partial charge in [-0.1, -0.05) is 73.1 Å². The maximum absolute atomic E-state index is 14.1. The summed E-state index contributed by atoms with van der Waals surface area (Å²) < 4.78 is 14.1. The molecule has 0 amide bonds. The van der Waals surface area contributed by atoms with E-state index in [4.69, 9.17) is 11.6 Å². The van der Waals surface area contributed by atoms with Gasteiger partial charge in [0.05, 0.1) is 0 Å². The van der Waals surface area contributed by atoms with Gasteiger partial charge in [-0.3, -0.25) is 9.65 Å². The van der Waals surface area contributed by atoms with Crippen molar-refractivity contribution in [3.8, 4) is 0 Å². The number of hydrogen-bond acceptors (Lipinski definition) is 1. The van der Waals surface area contributed by atoms with Crippen molar-refractivity contribution in [1.82, 2.24) is 5.09 Å². The lowest BCUT2D eigenvalue weighted by atomic mass is 10.1. The maximum atomic E-state index is 14.1. The van der Waals surface area contributed by atoms with Crippen molar-refractivity contribution in [2.24, 2.45) is 0 Å². The highest BCUT2D eigenvalue weighted by Gasteiger charge is 2.30. The molecule has 0 heterocycles. The molecule has 0 bridgehead atoms. The summed E-state index contributed by atoms with van der Waals surface area (Å²) in [4.78, 5) is 0. The summed E-state index contributed by atoms with van der Waals surface area (Å²) in [6.07, 6.45) is 0.785. The summed E-state index contributed by atoms with van der Waals surface area (Å²) in [5.74, 6) is 0. The van der Waals surface area contributed by atoms with E-state index in [2.05, 4.69) is 12.0 Å². The maximum Gasteiger partial charge on any atom is 0.205 e. The molecule has 0 saturated heterocycles. The van der Waals surface area contributed by atoms with Gasteiger partial charge in [0.1, 0.15) is 0 Å². The smallest absolute Gasteiger partial charge is 0.205 e. The Bertz CT molecular complexity index is 824. The van der Waals surface area contributed by atoms with Gasteiger partial charge in [-0.2, -0.15) is 0 Å². The van der Waals surface area contributed by atoms with Crippen molar-refractivity contribution in [2.75, 3.05) is 0 Å². The van der Waals surface area contributed by atoms with E-state index in [0.29, 0.717) is 5.02 Å². The van der Waals surface area contributed by atoms with Crippen LogP contribution in [0.15, 0.2) is 84.9 Å². The van der Waals surface area contributed by atoms with E-state index in [0.717, 1.165) is 22.6 Å². The van der Waals surface area contributed by atoms with E-state index in [9.17, 15) is 4.57 Å². The molecule has 3 aromatic carbocycles. The Balaban J connectivity index is 2.07. The van der Waals surface area contributed by atoms with Crippen LogP contribution in [0.5, 0.6) is 0 Å². The molecular weight excluding hydrogens is 349 g/mol. The lowest BCUT2D eigenvalue weighted by molar-refractivity contribution is 0.555. The van der Waals surface area contributed by atoms with Crippen LogP contribution in [0, 0.1) is 0 Å². The highest BCUT2D eigenvalue weighted by molar-refractivity contribution is 7.76. The fourth-order valence-electron chi connectivity index (χ4n) is 2.93. The molecule has 0 aliphatic heterocycles. The van der Waals surface area contributed by atoms with Crippen molar-refractivity contribution in [3.63, 3.8) is 0 Å². The molecule has 1 atom stereocenters. The molecule has 128 valence electrons. The summed E-state index contributed by atoms with van der Waals surface area (Å²) >= 11 is 6.39. The summed E-state index contributed by atoms with van der Waals surface area (Å²) in [5.41, 5.74) is 0.971. The van der Waals surface area contributed by atoms with Crippen LogP contribution in [-0.4, -0.2) is 0 Å². The molecule has 0 spiro atoms. The minimum atomic E-state index is -2.99. The Morgan fingerprint density at radius 2 is 1.32 bits per heavy atom. The summed E-state index contributed by atoms with van der Waals surface area (Å²) in [5, 5.41) is 5.73. The highest BCUT2D eigenvalue weighted by atomic mass is 35.5. The van der Waals surface area contributed by atoms with Crippen LogP contribution in [0.1, 0.15) is 24.9 Å². The number of hydrogen-bond donors (Lipinski definition) is 1. The minimum absolute atomic E-state index is 0.0973. The molecule has 0 aliphatic rings. The predicted octanol–water partition coefficient (Wildman–Crippen LogP) is 5.31. The number of halogens is 1. The third-order valence-corrected chi connectivity index (χ3v) is 7.34. The van der Waals surface area contributed by atoms with E-state index >= 15 is 0 Å². The zero-order valence-electron chi connectivity index (χ0n) is 14.1. The van der Waals surface area contributed by atoms with Gasteiger partial charge in [0.2, 0.25) is 7.29 Å². The molecule has 1 N–H and O–H groups in total. The van der Waals surface area contributed by atoms with Crippen molar-refractivity contribution in [1.29, 1.82) is 0 Å². The molecule has 0 fully saturated rings. The van der Waals surface area contributed by atoms with Gasteiger partial charge in [-0.05, 0) is 42.3 Å². The summed E-state index contributed by atoms with van der Waals surface area (Å²) in [6.45, 7) is 2.07. The van der Waals surface area contributed by atoms with Crippen LogP contribution in [0.4, 0.5) is 0 Å². The SMILES string of the molecule is CCC(NP(=O)(c1ccccc1)c1ccccc1)c1ccccc1Cl. The van der Waals surface area contributed by atoms with Gasteiger partial charge >= 0.3 is 0 Å². The number of rotatable bonds is 6. The summed E-state index contributed by atoms with van der Waals surface area (Å²) in [6, 6.07) is 26.8. The predicted molar refractivity (Wildman–Crippen MR) is 107 cm³/mol. The second-order valence-electron chi connectivity index (χ2n) is 5.89. The first-order chi connectivity index (χ1) is 12.1. The highest BCUT2D eigenvalue weighted by Crippen LogP contribution is 2.43. The average Bonchev–Trinajstić information content (AvgIpc) is 2.68. The molecule has 3 rings (SSSR count). The molecule has 0 radical (unpaired) electrons. The second-order valence-corrected chi connectivity index (χ2v) is 8.81. The lowest BCUT2D eigenvalue weighted by Gasteiger charge is -2.27. The molecule has 0 saturated carbocycles. The van der Waals surface area contributed by atoms with Crippen molar-refractivity contribution in [3.05, 3.63) is 95.5 Å². The molecule has 4 heteroatoms. The Morgan fingerprint density at radius 1 is 0.840 bits per heavy atom. The van der Waals surface area contributed by atoms with Gasteiger partial charge in [0.25, 0.3) is 0 Å². The fraction of sp³-hybridized carbons (Fsp3) is 0.143. The zero-order chi connectivity index (χ0) is 17.7. The standard InChI is InChI=1S/C21H21ClNOP/c1-2-21(19-15-9-10-16-20(19)22)23-25(24,17-11-5-3-6-12-17)18-13-7-4-8-14-18/h3-16,21H,2H2,1H3,(H,23,24). The van der Waals surface area contributed by atoms with E-state index in [1.807, 2.05) is 84.9 Å². The molecule has 25 heavy (non-hydrogen) atoms. The second kappa shape index (κ2) is 8.01. The first-order valence-corrected chi connectivity index (χ1v) is 10.5. The fourth-order valence-corrected chi connectivity index (χ4v) is 5.74. The average molecular weight is 370 g/mol. The zero-order valence-corrected chi connectivity index (χ0v) is 15.8. The first-order valence-electron chi connectivity index (χ1n) is 8.38. The Morgan fingerprint density at radius 3 is 1.80 bits per heavy atom. The first kappa shape index (κ1) is 17.9. The van der Waals surface area contributed by atoms with E-state index in [1.165, 1.54) is 0 Å². The van der Waals surface area contributed by atoms with Gasteiger partial charge in [0, 0.05) is 21.7 Å². The van der Waals surface area contributed by atoms with Crippen LogP contribution in [0.2, 0.25) is 5.02 Å². The molecule has 3 aromatic rings. The number of nitrogens with one attached hydrogen (secondary N) is 1. The summed E-state index contributed by atoms with van der Waals surface area (Å²) in [7, 11) is -2.99. The van der Waals surface area contributed by atoms with E-state index < -0.39 is 7.29 Å². The quantitative estimate of drug-likeness (QED) is 0.596. The van der Waals surface area contributed by atoms with E-state index in [-0.39, 0.29) is 6.04 Å². The van der Waals surface area contributed by atoms with Gasteiger partial charge < -0.3 is 0 Å². The molecular formula is C21H21ClNOP. The largest absolute Gasteiger partial charge is 0.297 e. The Labute approximate surface area is 154 Å². The topological polar surface area (TPSA) is 29.1 Å². The van der Waals surface area contributed by atoms with Gasteiger partial charge in [0.15, 0.2) is 0 Å². The normalized spacial score (nSPS) is 12.7. The van der Waals surface area contributed by atoms with Crippen LogP contribution >= 0.6 is 18.9 Å². The van der Waals surface area contributed by atoms with Crippen molar-refractivity contribution < 1.29 is 4.57 Å². The molecule has 1 unspecified atom stereocenters. The third kappa shape index (κ3) is 3.88. The monoisotopic (exact) mass is 369 g/mol. The van der Waals surface area contributed by atoms with Crippen LogP contribution in [0.3, 0.4) is 0 Å². The Kier molecular flexibility index (Phi) is 5.75. The molecule has 2 nitrogen and oxygen atoms in total. The minimum Gasteiger partial charge on any atom is -0.297 e. The van der Waals surface area contributed by atoms with Gasteiger partial charge in [-0.25, -0.2) is 0 Å². The molecule has 0 aromatic heterocycles. The van der Waals surface area contributed by atoms with Crippen molar-refractivity contribution in [2.45, 2.75) is 19.4 Å². The van der Waals surface area contributed by atoms with Crippen LogP contribution in [-0.2, 0) is 4.57 Å². The van der Waals surface area contributed by atoms with Gasteiger partial charge in [-0.15, -0.1) is 0 Å². The van der Waals surface area contributed by atoms with Crippen LogP contribution in [0.25, 0.3) is 0 Å². The van der Waals surface area contributed by atoms with Crippen LogP contribution < -0.4 is 15.7 Å². The van der Waals surface area contributed by atoms with E-state index in [1.54, 1.807) is 0 Å². The van der Waals surface area contributed by atoms with Crippen molar-refractivity contribution >= 4 is 29.5 Å². The Hall–Kier alpha value is -1.86.